The second kappa shape index (κ2) is 7.77. The Balaban J connectivity index is 1.94. The maximum atomic E-state index is 13.1. The highest BCUT2D eigenvalue weighted by Gasteiger charge is 2.30. The number of carbonyl (C=O) groups is 1. The number of nitro groups is 1. The third-order valence-electron chi connectivity index (χ3n) is 4.58. The van der Waals surface area contributed by atoms with Gasteiger partial charge in [-0.05, 0) is 62.3 Å². The molecule has 0 fully saturated rings. The molecule has 3 N–H and O–H groups in total. The van der Waals surface area contributed by atoms with Gasteiger partial charge in [-0.2, -0.15) is 0 Å². The largest absolute Gasteiger partial charge is 0.351 e. The van der Waals surface area contributed by atoms with Gasteiger partial charge in [0.1, 0.15) is 0 Å². The average molecular weight is 396 g/mol. The van der Waals surface area contributed by atoms with Crippen LogP contribution in [0.3, 0.4) is 0 Å². The summed E-state index contributed by atoms with van der Waals surface area (Å²) in [7, 11) is 0. The number of aryl methyl sites for hydroxylation is 2. The molecule has 1 amide bonds. The summed E-state index contributed by atoms with van der Waals surface area (Å²) in [6, 6.07) is 11.4. The Morgan fingerprint density at radius 3 is 2.43 bits per heavy atom. The molecule has 0 radical (unpaired) electrons. The number of hydrogen-bond acceptors (Lipinski definition) is 4. The fourth-order valence-electron chi connectivity index (χ4n) is 3.18. The van der Waals surface area contributed by atoms with Crippen molar-refractivity contribution in [2.45, 2.75) is 26.8 Å². The summed E-state index contributed by atoms with van der Waals surface area (Å²) in [6.07, 6.45) is 0. The number of benzene rings is 2. The van der Waals surface area contributed by atoms with E-state index >= 15 is 0 Å². The van der Waals surface area contributed by atoms with Crippen LogP contribution in [0.2, 0.25) is 0 Å². The standard InChI is InChI=1S/C20H20N4O3S/c1-11-4-9-16(12(2)10-11)22-19(25)17-13(3)21-20(28)23-18(17)14-5-7-15(8-6-14)24(26)27/h4-10,18H,1-3H3,(H,22,25)(H2,21,23,28)/t18-/m0/s1. The number of anilines is 1. The van der Waals surface area contributed by atoms with Crippen LogP contribution in [-0.4, -0.2) is 15.9 Å². The zero-order valence-corrected chi connectivity index (χ0v) is 16.5. The molecule has 7 nitrogen and oxygen atoms in total. The van der Waals surface area contributed by atoms with Gasteiger partial charge in [-0.25, -0.2) is 0 Å². The van der Waals surface area contributed by atoms with Crippen LogP contribution in [0.5, 0.6) is 0 Å². The summed E-state index contributed by atoms with van der Waals surface area (Å²) in [4.78, 5) is 23.5. The molecule has 1 aliphatic heterocycles. The second-order valence-corrected chi connectivity index (χ2v) is 7.10. The SMILES string of the molecule is CC1=C(C(=O)Nc2ccc(C)cc2C)[C@H](c2ccc([N+](=O)[O-])cc2)NC(=S)N1. The van der Waals surface area contributed by atoms with E-state index in [1.54, 1.807) is 19.1 Å². The minimum Gasteiger partial charge on any atom is -0.351 e. The first-order chi connectivity index (χ1) is 13.3. The number of allylic oxidation sites excluding steroid dienone is 1. The van der Waals surface area contributed by atoms with E-state index in [9.17, 15) is 14.9 Å². The van der Waals surface area contributed by atoms with Crippen LogP contribution in [0.1, 0.15) is 29.7 Å². The van der Waals surface area contributed by atoms with Crippen LogP contribution >= 0.6 is 12.2 Å². The van der Waals surface area contributed by atoms with E-state index in [0.29, 0.717) is 21.9 Å². The molecule has 8 heteroatoms. The van der Waals surface area contributed by atoms with Crippen molar-refractivity contribution in [1.82, 2.24) is 10.6 Å². The molecule has 2 aromatic carbocycles. The molecule has 0 spiro atoms. The molecule has 1 heterocycles. The Hall–Kier alpha value is -3.26. The van der Waals surface area contributed by atoms with Crippen LogP contribution in [0.25, 0.3) is 0 Å². The lowest BCUT2D eigenvalue weighted by molar-refractivity contribution is -0.384. The van der Waals surface area contributed by atoms with Crippen LogP contribution in [0, 0.1) is 24.0 Å². The zero-order valence-electron chi connectivity index (χ0n) is 15.7. The molecule has 1 aliphatic rings. The fourth-order valence-corrected chi connectivity index (χ4v) is 3.45. The molecule has 2 aromatic rings. The van der Waals surface area contributed by atoms with Crippen molar-refractivity contribution >= 4 is 34.6 Å². The molecule has 28 heavy (non-hydrogen) atoms. The predicted octanol–water partition coefficient (Wildman–Crippen LogP) is 3.64. The first-order valence-corrected chi connectivity index (χ1v) is 9.08. The number of nitro benzene ring substituents is 1. The van der Waals surface area contributed by atoms with Gasteiger partial charge in [0.15, 0.2) is 5.11 Å². The number of nitrogens with zero attached hydrogens (tertiary/aromatic N) is 1. The lowest BCUT2D eigenvalue weighted by atomic mass is 9.94. The topological polar surface area (TPSA) is 96.3 Å². The fraction of sp³-hybridized carbons (Fsp3) is 0.200. The van der Waals surface area contributed by atoms with E-state index in [0.717, 1.165) is 16.8 Å². The van der Waals surface area contributed by atoms with E-state index in [1.807, 2.05) is 32.0 Å². The van der Waals surface area contributed by atoms with E-state index in [2.05, 4.69) is 16.0 Å². The lowest BCUT2D eigenvalue weighted by Gasteiger charge is -2.30. The summed E-state index contributed by atoms with van der Waals surface area (Å²) in [5.41, 5.74) is 4.61. The number of non-ortho nitro benzene ring substituents is 1. The van der Waals surface area contributed by atoms with Crippen LogP contribution in [0.15, 0.2) is 53.7 Å². The molecule has 0 unspecified atom stereocenters. The Morgan fingerprint density at radius 1 is 1.14 bits per heavy atom. The van der Waals surface area contributed by atoms with Gasteiger partial charge in [0.05, 0.1) is 16.5 Å². The van der Waals surface area contributed by atoms with Crippen molar-refractivity contribution in [3.05, 3.63) is 80.5 Å². The summed E-state index contributed by atoms with van der Waals surface area (Å²) < 4.78 is 0. The molecule has 0 saturated heterocycles. The molecular weight excluding hydrogens is 376 g/mol. The lowest BCUT2D eigenvalue weighted by Crippen LogP contribution is -2.45. The summed E-state index contributed by atoms with van der Waals surface area (Å²) in [5, 5.41) is 20.3. The van der Waals surface area contributed by atoms with Gasteiger partial charge in [0.25, 0.3) is 11.6 Å². The number of nitrogens with one attached hydrogen (secondary N) is 3. The van der Waals surface area contributed by atoms with Gasteiger partial charge in [-0.15, -0.1) is 0 Å². The van der Waals surface area contributed by atoms with E-state index in [1.165, 1.54) is 12.1 Å². The Morgan fingerprint density at radius 2 is 1.82 bits per heavy atom. The molecule has 3 rings (SSSR count). The van der Waals surface area contributed by atoms with Gasteiger partial charge in [-0.1, -0.05) is 17.7 Å². The van der Waals surface area contributed by atoms with Crippen LogP contribution < -0.4 is 16.0 Å². The summed E-state index contributed by atoms with van der Waals surface area (Å²) in [5.74, 6) is -0.268. The van der Waals surface area contributed by atoms with Crippen molar-refractivity contribution in [2.75, 3.05) is 5.32 Å². The number of thiocarbonyl (C=S) groups is 1. The van der Waals surface area contributed by atoms with Gasteiger partial charge >= 0.3 is 0 Å². The highest BCUT2D eigenvalue weighted by atomic mass is 32.1. The average Bonchev–Trinajstić information content (AvgIpc) is 2.63. The van der Waals surface area contributed by atoms with E-state index < -0.39 is 11.0 Å². The van der Waals surface area contributed by atoms with Crippen molar-refractivity contribution in [3.8, 4) is 0 Å². The molecule has 0 aromatic heterocycles. The quantitative estimate of drug-likeness (QED) is 0.415. The normalized spacial score (nSPS) is 16.2. The van der Waals surface area contributed by atoms with Gasteiger partial charge in [0, 0.05) is 23.5 Å². The Labute approximate surface area is 168 Å². The van der Waals surface area contributed by atoms with Gasteiger partial charge < -0.3 is 16.0 Å². The number of carbonyl (C=O) groups excluding carboxylic acids is 1. The monoisotopic (exact) mass is 396 g/mol. The molecule has 1 atom stereocenters. The maximum Gasteiger partial charge on any atom is 0.269 e. The summed E-state index contributed by atoms with van der Waals surface area (Å²) >= 11 is 5.24. The third kappa shape index (κ3) is 4.01. The smallest absolute Gasteiger partial charge is 0.269 e. The first kappa shape index (κ1) is 19.5. The Kier molecular flexibility index (Phi) is 5.41. The van der Waals surface area contributed by atoms with Crippen molar-refractivity contribution in [1.29, 1.82) is 0 Å². The molecule has 0 bridgehead atoms. The molecule has 0 saturated carbocycles. The van der Waals surface area contributed by atoms with Crippen LogP contribution in [0.4, 0.5) is 11.4 Å². The zero-order chi connectivity index (χ0) is 20.4. The molecule has 0 aliphatic carbocycles. The molecular formula is C20H20N4O3S. The van der Waals surface area contributed by atoms with Gasteiger partial charge in [0.2, 0.25) is 0 Å². The summed E-state index contributed by atoms with van der Waals surface area (Å²) in [6.45, 7) is 5.71. The minimum atomic E-state index is -0.514. The number of rotatable bonds is 4. The van der Waals surface area contributed by atoms with Crippen molar-refractivity contribution in [3.63, 3.8) is 0 Å². The number of hydrogen-bond donors (Lipinski definition) is 3. The minimum absolute atomic E-state index is 0.0118. The highest BCUT2D eigenvalue weighted by molar-refractivity contribution is 7.80. The Bertz CT molecular complexity index is 999. The predicted molar refractivity (Wildman–Crippen MR) is 112 cm³/mol. The second-order valence-electron chi connectivity index (χ2n) is 6.69. The maximum absolute atomic E-state index is 13.1. The molecule has 144 valence electrons. The van der Waals surface area contributed by atoms with Crippen molar-refractivity contribution in [2.24, 2.45) is 0 Å². The third-order valence-corrected chi connectivity index (χ3v) is 4.80. The van der Waals surface area contributed by atoms with E-state index in [-0.39, 0.29) is 11.6 Å². The number of amides is 1. The van der Waals surface area contributed by atoms with E-state index in [4.69, 9.17) is 12.2 Å². The van der Waals surface area contributed by atoms with Gasteiger partial charge in [-0.3, -0.25) is 14.9 Å². The first-order valence-electron chi connectivity index (χ1n) is 8.67. The van der Waals surface area contributed by atoms with Crippen LogP contribution in [-0.2, 0) is 4.79 Å². The highest BCUT2D eigenvalue weighted by Crippen LogP contribution is 2.29. The van der Waals surface area contributed by atoms with Crippen molar-refractivity contribution < 1.29 is 9.72 Å².